The summed E-state index contributed by atoms with van der Waals surface area (Å²) in [6.45, 7) is -1.48. The molecule has 0 radical (unpaired) electrons. The molecule has 0 unspecified atom stereocenters. The number of phenolic OH excluding ortho intramolecular Hbond substituents is 1. The molecule has 1 aromatic carbocycles. The summed E-state index contributed by atoms with van der Waals surface area (Å²) in [5.74, 6) is -2.48. The normalized spacial score (nSPS) is 9.88. The Labute approximate surface area is 90.1 Å². The molecule has 1 aromatic rings. The molecule has 0 amide bonds. The van der Waals surface area contributed by atoms with Crippen molar-refractivity contribution in [3.05, 3.63) is 17.7 Å². The molecule has 0 aliphatic rings. The van der Waals surface area contributed by atoms with Gasteiger partial charge in [-0.05, 0) is 12.1 Å². The summed E-state index contributed by atoms with van der Waals surface area (Å²) < 4.78 is 9.19. The fraction of sp³-hybridized carbons (Fsp3) is 0.222. The molecule has 0 aliphatic heterocycles. The maximum atomic E-state index is 10.8. The van der Waals surface area contributed by atoms with Crippen LogP contribution in [0.2, 0.25) is 0 Å². The van der Waals surface area contributed by atoms with Crippen molar-refractivity contribution in [1.29, 1.82) is 0 Å². The third kappa shape index (κ3) is 2.33. The van der Waals surface area contributed by atoms with Crippen molar-refractivity contribution >= 4 is 5.97 Å². The van der Waals surface area contributed by atoms with E-state index in [1.54, 1.807) is 0 Å². The number of hydrogen-bond acceptors (Lipinski definition) is 6. The van der Waals surface area contributed by atoms with Gasteiger partial charge in [0.1, 0.15) is 5.56 Å². The molecule has 0 saturated heterocycles. The van der Waals surface area contributed by atoms with Crippen LogP contribution in [0.1, 0.15) is 10.4 Å². The quantitative estimate of drug-likeness (QED) is 0.515. The molecule has 0 bridgehead atoms. The molecule has 0 spiro atoms. The number of benzene rings is 1. The number of aliphatic hydroxyl groups excluding tert-OH is 2. The van der Waals surface area contributed by atoms with Gasteiger partial charge in [-0.15, -0.1) is 0 Å². The molecular weight excluding hydrogens is 220 g/mol. The first-order valence-corrected chi connectivity index (χ1v) is 4.18. The molecule has 0 aromatic heterocycles. The number of aromatic carboxylic acids is 1. The third-order valence-electron chi connectivity index (χ3n) is 1.75. The number of carboxylic acid groups (broad SMARTS) is 1. The van der Waals surface area contributed by atoms with Crippen LogP contribution < -0.4 is 9.47 Å². The Kier molecular flexibility index (Phi) is 3.92. The van der Waals surface area contributed by atoms with Gasteiger partial charge < -0.3 is 29.9 Å². The summed E-state index contributed by atoms with van der Waals surface area (Å²) in [6, 6.07) is 2.29. The highest BCUT2D eigenvalue weighted by atomic mass is 16.6. The monoisotopic (exact) mass is 230 g/mol. The van der Waals surface area contributed by atoms with Gasteiger partial charge in [0.05, 0.1) is 0 Å². The van der Waals surface area contributed by atoms with Gasteiger partial charge in [-0.1, -0.05) is 0 Å². The van der Waals surface area contributed by atoms with E-state index in [2.05, 4.69) is 9.47 Å². The molecule has 88 valence electrons. The first-order valence-electron chi connectivity index (χ1n) is 4.18. The van der Waals surface area contributed by atoms with E-state index in [4.69, 9.17) is 15.3 Å². The van der Waals surface area contributed by atoms with Crippen molar-refractivity contribution in [2.45, 2.75) is 0 Å². The van der Waals surface area contributed by atoms with Crippen LogP contribution in [0.15, 0.2) is 12.1 Å². The van der Waals surface area contributed by atoms with Gasteiger partial charge in [0, 0.05) is 0 Å². The minimum absolute atomic E-state index is 0.143. The Morgan fingerprint density at radius 3 is 2.31 bits per heavy atom. The number of rotatable bonds is 5. The highest BCUT2D eigenvalue weighted by molar-refractivity contribution is 5.92. The highest BCUT2D eigenvalue weighted by Crippen LogP contribution is 2.38. The second kappa shape index (κ2) is 5.19. The van der Waals surface area contributed by atoms with Crippen molar-refractivity contribution in [1.82, 2.24) is 0 Å². The summed E-state index contributed by atoms with van der Waals surface area (Å²) >= 11 is 0. The molecule has 0 fully saturated rings. The lowest BCUT2D eigenvalue weighted by atomic mass is 10.1. The first kappa shape index (κ1) is 12.1. The van der Waals surface area contributed by atoms with Crippen molar-refractivity contribution < 1.29 is 34.7 Å². The molecule has 1 rings (SSSR count). The second-order valence-electron chi connectivity index (χ2n) is 2.64. The number of aromatic hydroxyl groups is 1. The topological polar surface area (TPSA) is 116 Å². The van der Waals surface area contributed by atoms with E-state index in [0.717, 1.165) is 6.07 Å². The molecule has 16 heavy (non-hydrogen) atoms. The number of phenols is 1. The minimum atomic E-state index is -1.32. The Morgan fingerprint density at radius 1 is 1.19 bits per heavy atom. The Morgan fingerprint density at radius 2 is 1.81 bits per heavy atom. The molecule has 0 atom stereocenters. The maximum absolute atomic E-state index is 10.8. The standard InChI is InChI=1S/C9H10O7/c10-3-15-6-2-1-5(9(13)14)8(7(6)12)16-4-11/h1-2,10-12H,3-4H2,(H,13,14). The van der Waals surface area contributed by atoms with Gasteiger partial charge >= 0.3 is 5.97 Å². The van der Waals surface area contributed by atoms with E-state index >= 15 is 0 Å². The second-order valence-corrected chi connectivity index (χ2v) is 2.64. The zero-order valence-corrected chi connectivity index (χ0v) is 8.08. The van der Waals surface area contributed by atoms with Crippen LogP contribution in [0.4, 0.5) is 0 Å². The van der Waals surface area contributed by atoms with Crippen LogP contribution in [-0.2, 0) is 0 Å². The van der Waals surface area contributed by atoms with Crippen LogP contribution in [0.25, 0.3) is 0 Å². The summed E-state index contributed by atoms with van der Waals surface area (Å²) in [5.41, 5.74) is -0.322. The number of hydrogen-bond donors (Lipinski definition) is 4. The lowest BCUT2D eigenvalue weighted by Crippen LogP contribution is -2.05. The fourth-order valence-corrected chi connectivity index (χ4v) is 1.12. The summed E-state index contributed by atoms with van der Waals surface area (Å²) in [5, 5.41) is 35.4. The number of carboxylic acids is 1. The van der Waals surface area contributed by atoms with Gasteiger partial charge in [0.25, 0.3) is 0 Å². The van der Waals surface area contributed by atoms with Crippen molar-refractivity contribution in [2.75, 3.05) is 13.6 Å². The summed E-state index contributed by atoms with van der Waals surface area (Å²) in [7, 11) is 0. The minimum Gasteiger partial charge on any atom is -0.502 e. The largest absolute Gasteiger partial charge is 0.502 e. The molecule has 0 aliphatic carbocycles. The van der Waals surface area contributed by atoms with E-state index < -0.39 is 31.1 Å². The predicted octanol–water partition coefficient (Wildman–Crippen LogP) is -0.252. The summed E-state index contributed by atoms with van der Waals surface area (Å²) in [4.78, 5) is 10.8. The van der Waals surface area contributed by atoms with Gasteiger partial charge in [-0.3, -0.25) is 0 Å². The van der Waals surface area contributed by atoms with E-state index in [-0.39, 0.29) is 11.3 Å². The van der Waals surface area contributed by atoms with Crippen molar-refractivity contribution in [3.8, 4) is 17.2 Å². The third-order valence-corrected chi connectivity index (χ3v) is 1.75. The Bertz CT molecular complexity index is 388. The fourth-order valence-electron chi connectivity index (χ4n) is 1.12. The molecule has 0 heterocycles. The first-order chi connectivity index (χ1) is 7.61. The van der Waals surface area contributed by atoms with Crippen LogP contribution >= 0.6 is 0 Å². The van der Waals surface area contributed by atoms with E-state index in [0.29, 0.717) is 0 Å². The average molecular weight is 230 g/mol. The predicted molar refractivity (Wildman–Crippen MR) is 50.5 cm³/mol. The average Bonchev–Trinajstić information content (AvgIpc) is 2.24. The number of carbonyl (C=O) groups is 1. The molecule has 4 N–H and O–H groups in total. The van der Waals surface area contributed by atoms with Gasteiger partial charge in [0.15, 0.2) is 25.1 Å². The molecule has 7 heteroatoms. The van der Waals surface area contributed by atoms with E-state index in [1.807, 2.05) is 0 Å². The molecular formula is C9H10O7. The van der Waals surface area contributed by atoms with Crippen molar-refractivity contribution in [3.63, 3.8) is 0 Å². The number of aliphatic hydroxyl groups is 2. The van der Waals surface area contributed by atoms with Gasteiger partial charge in [-0.25, -0.2) is 4.79 Å². The maximum Gasteiger partial charge on any atom is 0.339 e. The van der Waals surface area contributed by atoms with Crippen LogP contribution in [-0.4, -0.2) is 40.0 Å². The lowest BCUT2D eigenvalue weighted by Gasteiger charge is -2.11. The van der Waals surface area contributed by atoms with Crippen LogP contribution in [0.3, 0.4) is 0 Å². The zero-order chi connectivity index (χ0) is 12.1. The lowest BCUT2D eigenvalue weighted by molar-refractivity contribution is 0.0666. The zero-order valence-electron chi connectivity index (χ0n) is 8.08. The SMILES string of the molecule is O=C(O)c1ccc(OCO)c(O)c1OCO. The molecule has 7 nitrogen and oxygen atoms in total. The summed E-state index contributed by atoms with van der Waals surface area (Å²) in [6.07, 6.45) is 0. The van der Waals surface area contributed by atoms with Gasteiger partial charge in [-0.2, -0.15) is 0 Å². The Hall–Kier alpha value is -1.99. The Balaban J connectivity index is 3.23. The van der Waals surface area contributed by atoms with Gasteiger partial charge in [0.2, 0.25) is 5.75 Å². The van der Waals surface area contributed by atoms with Crippen LogP contribution in [0, 0.1) is 0 Å². The number of ether oxygens (including phenoxy) is 2. The highest BCUT2D eigenvalue weighted by Gasteiger charge is 2.19. The van der Waals surface area contributed by atoms with E-state index in [9.17, 15) is 9.90 Å². The van der Waals surface area contributed by atoms with Crippen molar-refractivity contribution in [2.24, 2.45) is 0 Å². The molecule has 0 saturated carbocycles. The van der Waals surface area contributed by atoms with E-state index in [1.165, 1.54) is 6.07 Å². The smallest absolute Gasteiger partial charge is 0.339 e. The van der Waals surface area contributed by atoms with Crippen LogP contribution in [0.5, 0.6) is 17.2 Å².